The number of nitrogens with one attached hydrogen (secondary N) is 2. The lowest BCUT2D eigenvalue weighted by Gasteiger charge is -2.13. The molecule has 0 unspecified atom stereocenters. The Morgan fingerprint density at radius 3 is 2.57 bits per heavy atom. The Balaban J connectivity index is 1.83. The number of hydrogen-bond acceptors (Lipinski definition) is 4. The second-order valence-corrected chi connectivity index (χ2v) is 8.44. The van der Waals surface area contributed by atoms with Gasteiger partial charge in [0.1, 0.15) is 11.9 Å². The lowest BCUT2D eigenvalue weighted by atomic mass is 10.2. The third-order valence-electron chi connectivity index (χ3n) is 3.90. The Bertz CT molecular complexity index is 1080. The molecule has 1 atom stereocenters. The number of halogens is 4. The highest BCUT2D eigenvalue weighted by atomic mass is 79.9. The number of carbonyl (C=O) groups excluding carboxylic acids is 1. The van der Waals surface area contributed by atoms with Crippen molar-refractivity contribution >= 4 is 43.4 Å². The second kappa shape index (κ2) is 7.21. The van der Waals surface area contributed by atoms with Gasteiger partial charge in [0.25, 0.3) is 10.0 Å². The number of alkyl halides is 3. The van der Waals surface area contributed by atoms with Crippen LogP contribution in [0.25, 0.3) is 0 Å². The second-order valence-electron chi connectivity index (χ2n) is 5.94. The number of nitrogens with zero attached hydrogens (tertiary/aromatic N) is 1. The van der Waals surface area contributed by atoms with Gasteiger partial charge in [-0.3, -0.25) is 14.5 Å². The number of amidine groups is 1. The zero-order valence-electron chi connectivity index (χ0n) is 14.2. The zero-order chi connectivity index (χ0) is 20.7. The van der Waals surface area contributed by atoms with Crippen LogP contribution in [0.2, 0.25) is 0 Å². The van der Waals surface area contributed by atoms with E-state index in [1.807, 2.05) is 0 Å². The topological polar surface area (TPSA) is 87.6 Å². The van der Waals surface area contributed by atoms with Gasteiger partial charge in [-0.2, -0.15) is 13.2 Å². The maximum Gasteiger partial charge on any atom is 0.417 e. The minimum Gasteiger partial charge on any atom is -0.324 e. The minimum atomic E-state index is -4.59. The normalized spacial score (nSPS) is 17.7. The van der Waals surface area contributed by atoms with Crippen LogP contribution >= 0.6 is 15.9 Å². The summed E-state index contributed by atoms with van der Waals surface area (Å²) >= 11 is 2.83. The third kappa shape index (κ3) is 4.04. The molecular formula is C17H13BrF3N3O3S. The average Bonchev–Trinajstić information content (AvgIpc) is 2.86. The van der Waals surface area contributed by atoms with Gasteiger partial charge in [-0.05, 0) is 37.3 Å². The summed E-state index contributed by atoms with van der Waals surface area (Å²) in [6.45, 7) is 1.40. The van der Waals surface area contributed by atoms with Gasteiger partial charge < -0.3 is 5.32 Å². The van der Waals surface area contributed by atoms with Crippen molar-refractivity contribution in [2.75, 3.05) is 5.32 Å². The van der Waals surface area contributed by atoms with Crippen molar-refractivity contribution in [3.63, 3.8) is 0 Å². The first-order valence-electron chi connectivity index (χ1n) is 7.86. The van der Waals surface area contributed by atoms with Crippen LogP contribution in [0.1, 0.15) is 18.1 Å². The quantitative estimate of drug-likeness (QED) is 0.711. The first-order valence-corrected chi connectivity index (χ1v) is 10.1. The molecule has 1 aliphatic heterocycles. The summed E-state index contributed by atoms with van der Waals surface area (Å²) in [5.41, 5.74) is -0.660. The van der Waals surface area contributed by atoms with Crippen molar-refractivity contribution in [1.29, 1.82) is 0 Å². The fourth-order valence-electron chi connectivity index (χ4n) is 2.55. The van der Waals surface area contributed by atoms with Crippen molar-refractivity contribution in [1.82, 2.24) is 4.72 Å². The highest BCUT2D eigenvalue weighted by Gasteiger charge is 2.34. The van der Waals surface area contributed by atoms with Crippen molar-refractivity contribution in [3.05, 3.63) is 58.1 Å². The lowest BCUT2D eigenvalue weighted by Crippen LogP contribution is -2.29. The number of carbonyl (C=O) groups is 1. The van der Waals surface area contributed by atoms with E-state index in [4.69, 9.17) is 0 Å². The number of anilines is 1. The van der Waals surface area contributed by atoms with Crippen molar-refractivity contribution in [2.24, 2.45) is 4.99 Å². The summed E-state index contributed by atoms with van der Waals surface area (Å²) < 4.78 is 65.2. The summed E-state index contributed by atoms with van der Waals surface area (Å²) in [5, 5.41) is 2.36. The molecule has 0 aliphatic carbocycles. The summed E-state index contributed by atoms with van der Waals surface area (Å²) in [6, 6.07) is 8.37. The molecule has 2 N–H and O–H groups in total. The van der Waals surface area contributed by atoms with Crippen LogP contribution in [0, 0.1) is 0 Å². The summed E-state index contributed by atoms with van der Waals surface area (Å²) in [5.74, 6) is -0.684. The van der Waals surface area contributed by atoms with Gasteiger partial charge >= 0.3 is 6.18 Å². The molecule has 0 saturated carbocycles. The SMILES string of the molecule is C[C@H](N=C1NS(=O)(=O)c2ccccc21)C(=O)Nc1ccc(Br)c(C(F)(F)F)c1. The Labute approximate surface area is 167 Å². The lowest BCUT2D eigenvalue weighted by molar-refractivity contribution is -0.138. The summed E-state index contributed by atoms with van der Waals surface area (Å²) in [4.78, 5) is 16.5. The molecule has 6 nitrogen and oxygen atoms in total. The first-order chi connectivity index (χ1) is 13.0. The summed E-state index contributed by atoms with van der Waals surface area (Å²) in [6.07, 6.45) is -4.59. The van der Waals surface area contributed by atoms with Gasteiger partial charge in [0, 0.05) is 15.7 Å². The van der Waals surface area contributed by atoms with Gasteiger partial charge in [0.05, 0.1) is 10.5 Å². The smallest absolute Gasteiger partial charge is 0.324 e. The first kappa shape index (κ1) is 20.3. The third-order valence-corrected chi connectivity index (χ3v) is 5.99. The molecule has 0 radical (unpaired) electrons. The zero-order valence-corrected chi connectivity index (χ0v) is 16.6. The van der Waals surface area contributed by atoms with Crippen LogP contribution in [0.5, 0.6) is 0 Å². The molecule has 2 aromatic rings. The van der Waals surface area contributed by atoms with Crippen LogP contribution < -0.4 is 10.0 Å². The van der Waals surface area contributed by atoms with E-state index < -0.39 is 33.7 Å². The molecule has 0 aromatic heterocycles. The molecule has 0 spiro atoms. The number of hydrogen-bond donors (Lipinski definition) is 2. The molecule has 11 heteroatoms. The number of amides is 1. The monoisotopic (exact) mass is 475 g/mol. The Morgan fingerprint density at radius 2 is 1.89 bits per heavy atom. The minimum absolute atomic E-state index is 0.00466. The van der Waals surface area contributed by atoms with Crippen molar-refractivity contribution in [2.45, 2.75) is 24.0 Å². The van der Waals surface area contributed by atoms with Crippen LogP contribution in [-0.2, 0) is 21.0 Å². The predicted octanol–water partition coefficient (Wildman–Crippen LogP) is 3.53. The van der Waals surface area contributed by atoms with E-state index in [1.54, 1.807) is 18.2 Å². The molecule has 0 saturated heterocycles. The maximum atomic E-state index is 13.0. The predicted molar refractivity (Wildman–Crippen MR) is 101 cm³/mol. The van der Waals surface area contributed by atoms with Gasteiger partial charge in [-0.1, -0.05) is 28.1 Å². The Kier molecular flexibility index (Phi) is 5.24. The largest absolute Gasteiger partial charge is 0.417 e. The number of rotatable bonds is 3. The van der Waals surface area contributed by atoms with Gasteiger partial charge in [-0.25, -0.2) is 8.42 Å². The van der Waals surface area contributed by atoms with E-state index in [9.17, 15) is 26.4 Å². The molecular weight excluding hydrogens is 463 g/mol. The van der Waals surface area contributed by atoms with Crippen molar-refractivity contribution in [3.8, 4) is 0 Å². The molecule has 28 heavy (non-hydrogen) atoms. The van der Waals surface area contributed by atoms with Gasteiger partial charge in [-0.15, -0.1) is 0 Å². The molecule has 148 valence electrons. The van der Waals surface area contributed by atoms with Crippen LogP contribution in [-0.4, -0.2) is 26.2 Å². The number of aliphatic imine (C=N–C) groups is 1. The molecule has 2 aromatic carbocycles. The van der Waals surface area contributed by atoms with E-state index in [0.717, 1.165) is 6.07 Å². The fraction of sp³-hybridized carbons (Fsp3) is 0.176. The van der Waals surface area contributed by atoms with E-state index in [-0.39, 0.29) is 20.9 Å². The fourth-order valence-corrected chi connectivity index (χ4v) is 4.26. The maximum absolute atomic E-state index is 13.0. The van der Waals surface area contributed by atoms with Gasteiger partial charge in [0.2, 0.25) is 5.91 Å². The number of sulfonamides is 1. The van der Waals surface area contributed by atoms with Crippen LogP contribution in [0.3, 0.4) is 0 Å². The van der Waals surface area contributed by atoms with Crippen LogP contribution in [0.4, 0.5) is 18.9 Å². The van der Waals surface area contributed by atoms with Crippen LogP contribution in [0.15, 0.2) is 56.8 Å². The number of fused-ring (bicyclic) bond motifs is 1. The molecule has 1 aliphatic rings. The highest BCUT2D eigenvalue weighted by Crippen LogP contribution is 2.36. The molecule has 1 amide bonds. The van der Waals surface area contributed by atoms with E-state index in [1.165, 1.54) is 25.1 Å². The highest BCUT2D eigenvalue weighted by molar-refractivity contribution is 9.10. The molecule has 1 heterocycles. The Hall–Kier alpha value is -2.40. The van der Waals surface area contributed by atoms with E-state index in [0.29, 0.717) is 5.56 Å². The molecule has 0 fully saturated rings. The molecule has 0 bridgehead atoms. The van der Waals surface area contributed by atoms with Crippen molar-refractivity contribution < 1.29 is 26.4 Å². The Morgan fingerprint density at radius 1 is 1.21 bits per heavy atom. The number of benzene rings is 2. The summed E-state index contributed by atoms with van der Waals surface area (Å²) in [7, 11) is -3.75. The average molecular weight is 476 g/mol. The molecule has 3 rings (SSSR count). The van der Waals surface area contributed by atoms with E-state index >= 15 is 0 Å². The van der Waals surface area contributed by atoms with Gasteiger partial charge in [0.15, 0.2) is 0 Å². The standard InChI is InChI=1S/C17H13BrF3N3O3S/c1-9(22-15-11-4-2-3-5-14(11)28(26,27)24-15)16(25)23-10-6-7-13(18)12(8-10)17(19,20)21/h2-9H,1H3,(H,22,24)(H,23,25)/t9-/m0/s1. The van der Waals surface area contributed by atoms with E-state index in [2.05, 4.69) is 31.0 Å².